The SMILES string of the molecule is Cc1cc(C)c(NC(=O)NCC2(O)CCCCCC2)c(C)c1. The number of amides is 2. The molecule has 1 fully saturated rings. The van der Waals surface area contributed by atoms with Crippen LogP contribution >= 0.6 is 0 Å². The molecule has 0 spiro atoms. The average molecular weight is 304 g/mol. The number of anilines is 1. The molecule has 0 radical (unpaired) electrons. The summed E-state index contributed by atoms with van der Waals surface area (Å²) in [5, 5.41) is 16.3. The van der Waals surface area contributed by atoms with E-state index in [0.717, 1.165) is 42.5 Å². The zero-order valence-corrected chi connectivity index (χ0v) is 14.0. The third-order valence-electron chi connectivity index (χ3n) is 4.53. The summed E-state index contributed by atoms with van der Waals surface area (Å²) in [5.41, 5.74) is 3.41. The molecule has 4 nitrogen and oxygen atoms in total. The molecule has 1 aliphatic carbocycles. The Kier molecular flexibility index (Phi) is 5.46. The van der Waals surface area contributed by atoms with Crippen LogP contribution in [0, 0.1) is 20.8 Å². The van der Waals surface area contributed by atoms with Crippen LogP contribution in [0.2, 0.25) is 0 Å². The van der Waals surface area contributed by atoms with Crippen LogP contribution in [-0.4, -0.2) is 23.3 Å². The van der Waals surface area contributed by atoms with E-state index in [0.29, 0.717) is 6.54 Å². The molecule has 1 aromatic carbocycles. The highest BCUT2D eigenvalue weighted by Gasteiger charge is 2.28. The number of aliphatic hydroxyl groups is 1. The molecule has 1 saturated carbocycles. The number of nitrogens with one attached hydrogen (secondary N) is 2. The normalized spacial score (nSPS) is 17.6. The fraction of sp³-hybridized carbons (Fsp3) is 0.611. The second kappa shape index (κ2) is 7.14. The Morgan fingerprint density at radius 3 is 2.18 bits per heavy atom. The molecule has 4 heteroatoms. The minimum absolute atomic E-state index is 0.243. The number of carbonyl (C=O) groups is 1. The highest BCUT2D eigenvalue weighted by molar-refractivity contribution is 5.91. The standard InChI is InChI=1S/C18H28N2O2/c1-13-10-14(2)16(15(3)11-13)20-17(21)19-12-18(22)8-6-4-5-7-9-18/h10-11,22H,4-9,12H2,1-3H3,(H2,19,20,21). The van der Waals surface area contributed by atoms with E-state index in [9.17, 15) is 9.90 Å². The molecule has 1 aliphatic rings. The molecule has 0 aromatic heterocycles. The first kappa shape index (κ1) is 16.8. The van der Waals surface area contributed by atoms with Crippen molar-refractivity contribution in [3.63, 3.8) is 0 Å². The molecule has 1 aromatic rings. The maximum Gasteiger partial charge on any atom is 0.319 e. The van der Waals surface area contributed by atoms with Gasteiger partial charge in [0.25, 0.3) is 0 Å². The lowest BCUT2D eigenvalue weighted by atomic mass is 9.94. The molecule has 0 unspecified atom stereocenters. The van der Waals surface area contributed by atoms with E-state index in [1.54, 1.807) is 0 Å². The van der Waals surface area contributed by atoms with Gasteiger partial charge in [0.2, 0.25) is 0 Å². The van der Waals surface area contributed by atoms with Crippen LogP contribution in [0.15, 0.2) is 12.1 Å². The largest absolute Gasteiger partial charge is 0.388 e. The summed E-state index contributed by atoms with van der Waals surface area (Å²) in [6.07, 6.45) is 5.98. The Bertz CT molecular complexity index is 509. The Hall–Kier alpha value is -1.55. The Morgan fingerprint density at radius 1 is 1.09 bits per heavy atom. The van der Waals surface area contributed by atoms with Crippen molar-refractivity contribution in [1.82, 2.24) is 5.32 Å². The number of benzene rings is 1. The van der Waals surface area contributed by atoms with Gasteiger partial charge in [0.15, 0.2) is 0 Å². The smallest absolute Gasteiger partial charge is 0.319 e. The topological polar surface area (TPSA) is 61.4 Å². The summed E-state index contributed by atoms with van der Waals surface area (Å²) < 4.78 is 0. The first-order valence-electron chi connectivity index (χ1n) is 8.25. The lowest BCUT2D eigenvalue weighted by molar-refractivity contribution is 0.0281. The first-order chi connectivity index (χ1) is 10.4. The lowest BCUT2D eigenvalue weighted by Crippen LogP contribution is -2.44. The van der Waals surface area contributed by atoms with Gasteiger partial charge in [0.05, 0.1) is 5.60 Å². The van der Waals surface area contributed by atoms with Crippen LogP contribution in [0.5, 0.6) is 0 Å². The van der Waals surface area contributed by atoms with Crippen molar-refractivity contribution in [2.75, 3.05) is 11.9 Å². The van der Waals surface area contributed by atoms with Crippen LogP contribution in [0.25, 0.3) is 0 Å². The van der Waals surface area contributed by atoms with Crippen LogP contribution in [0.4, 0.5) is 10.5 Å². The summed E-state index contributed by atoms with van der Waals surface area (Å²) in [6.45, 7) is 6.36. The maximum absolute atomic E-state index is 12.1. The monoisotopic (exact) mass is 304 g/mol. The maximum atomic E-state index is 12.1. The quantitative estimate of drug-likeness (QED) is 0.743. The van der Waals surface area contributed by atoms with Crippen molar-refractivity contribution in [1.29, 1.82) is 0 Å². The van der Waals surface area contributed by atoms with Gasteiger partial charge < -0.3 is 15.7 Å². The lowest BCUT2D eigenvalue weighted by Gasteiger charge is -2.27. The van der Waals surface area contributed by atoms with Gasteiger partial charge in [-0.25, -0.2) is 4.79 Å². The van der Waals surface area contributed by atoms with E-state index >= 15 is 0 Å². The fourth-order valence-electron chi connectivity index (χ4n) is 3.34. The summed E-state index contributed by atoms with van der Waals surface area (Å²) in [5.74, 6) is 0. The Balaban J connectivity index is 1.93. The van der Waals surface area contributed by atoms with Crippen molar-refractivity contribution in [3.05, 3.63) is 28.8 Å². The zero-order valence-electron chi connectivity index (χ0n) is 14.0. The van der Waals surface area contributed by atoms with Crippen LogP contribution < -0.4 is 10.6 Å². The minimum Gasteiger partial charge on any atom is -0.388 e. The van der Waals surface area contributed by atoms with E-state index in [1.807, 2.05) is 20.8 Å². The summed E-state index contributed by atoms with van der Waals surface area (Å²) in [7, 11) is 0. The molecule has 0 heterocycles. The van der Waals surface area contributed by atoms with Crippen molar-refractivity contribution in [2.45, 2.75) is 64.9 Å². The molecule has 0 atom stereocenters. The molecular formula is C18H28N2O2. The molecule has 2 amide bonds. The molecule has 122 valence electrons. The minimum atomic E-state index is -0.745. The third kappa shape index (κ3) is 4.47. The molecular weight excluding hydrogens is 276 g/mol. The van der Waals surface area contributed by atoms with E-state index in [1.165, 1.54) is 18.4 Å². The fourth-order valence-corrected chi connectivity index (χ4v) is 3.34. The molecule has 3 N–H and O–H groups in total. The second-order valence-electron chi connectivity index (χ2n) is 6.72. The van der Waals surface area contributed by atoms with Crippen molar-refractivity contribution >= 4 is 11.7 Å². The molecule has 2 rings (SSSR count). The predicted octanol–water partition coefficient (Wildman–Crippen LogP) is 3.82. The van der Waals surface area contributed by atoms with Gasteiger partial charge in [-0.2, -0.15) is 0 Å². The second-order valence-corrected chi connectivity index (χ2v) is 6.72. The molecule has 0 bridgehead atoms. The molecule has 0 aliphatic heterocycles. The highest BCUT2D eigenvalue weighted by atomic mass is 16.3. The van der Waals surface area contributed by atoms with Gasteiger partial charge in [-0.1, -0.05) is 43.4 Å². The van der Waals surface area contributed by atoms with Crippen molar-refractivity contribution in [2.24, 2.45) is 0 Å². The van der Waals surface area contributed by atoms with Crippen LogP contribution in [-0.2, 0) is 0 Å². The van der Waals surface area contributed by atoms with Gasteiger partial charge in [0, 0.05) is 12.2 Å². The first-order valence-corrected chi connectivity index (χ1v) is 8.25. The summed E-state index contributed by atoms with van der Waals surface area (Å²) >= 11 is 0. The van der Waals surface area contributed by atoms with Gasteiger partial charge in [-0.15, -0.1) is 0 Å². The number of hydrogen-bond acceptors (Lipinski definition) is 2. The van der Waals surface area contributed by atoms with Crippen LogP contribution in [0.1, 0.15) is 55.2 Å². The molecule has 0 saturated heterocycles. The van der Waals surface area contributed by atoms with E-state index in [2.05, 4.69) is 22.8 Å². The Morgan fingerprint density at radius 2 is 1.64 bits per heavy atom. The van der Waals surface area contributed by atoms with Gasteiger partial charge in [-0.05, 0) is 44.7 Å². The van der Waals surface area contributed by atoms with Crippen LogP contribution in [0.3, 0.4) is 0 Å². The summed E-state index contributed by atoms with van der Waals surface area (Å²) in [6, 6.07) is 3.87. The van der Waals surface area contributed by atoms with Gasteiger partial charge in [-0.3, -0.25) is 0 Å². The third-order valence-corrected chi connectivity index (χ3v) is 4.53. The number of aryl methyl sites for hydroxylation is 3. The van der Waals surface area contributed by atoms with E-state index < -0.39 is 5.60 Å². The van der Waals surface area contributed by atoms with Crippen molar-refractivity contribution < 1.29 is 9.90 Å². The number of hydrogen-bond donors (Lipinski definition) is 3. The highest BCUT2D eigenvalue weighted by Crippen LogP contribution is 2.26. The average Bonchev–Trinajstić information content (AvgIpc) is 2.66. The van der Waals surface area contributed by atoms with Gasteiger partial charge in [0.1, 0.15) is 0 Å². The van der Waals surface area contributed by atoms with Gasteiger partial charge >= 0.3 is 6.03 Å². The Labute approximate surface area is 133 Å². The summed E-state index contributed by atoms with van der Waals surface area (Å²) in [4.78, 5) is 12.1. The number of rotatable bonds is 3. The van der Waals surface area contributed by atoms with Crippen molar-refractivity contribution in [3.8, 4) is 0 Å². The number of carbonyl (C=O) groups excluding carboxylic acids is 1. The number of urea groups is 1. The predicted molar refractivity (Wildman–Crippen MR) is 90.3 cm³/mol. The zero-order chi connectivity index (χ0) is 16.2. The molecule has 22 heavy (non-hydrogen) atoms. The van der Waals surface area contributed by atoms with E-state index in [-0.39, 0.29) is 6.03 Å². The van der Waals surface area contributed by atoms with E-state index in [4.69, 9.17) is 0 Å².